The van der Waals surface area contributed by atoms with Crippen LogP contribution >= 0.6 is 0 Å². The molecule has 0 saturated heterocycles. The van der Waals surface area contributed by atoms with E-state index in [9.17, 15) is 4.79 Å². The van der Waals surface area contributed by atoms with Crippen LogP contribution in [0.5, 0.6) is 5.75 Å². The van der Waals surface area contributed by atoms with Gasteiger partial charge in [0.2, 0.25) is 0 Å². The maximum Gasteiger partial charge on any atom is 0.416 e. The van der Waals surface area contributed by atoms with Crippen LogP contribution in [-0.2, 0) is 11.3 Å². The van der Waals surface area contributed by atoms with Crippen LogP contribution in [0, 0.1) is 13.8 Å². The van der Waals surface area contributed by atoms with E-state index < -0.39 is 6.09 Å². The maximum absolute atomic E-state index is 12.0. The van der Waals surface area contributed by atoms with Gasteiger partial charge in [0.25, 0.3) is 0 Å². The molecule has 0 saturated carbocycles. The molecule has 1 N–H and O–H groups in total. The summed E-state index contributed by atoms with van der Waals surface area (Å²) >= 11 is 0. The van der Waals surface area contributed by atoms with Gasteiger partial charge in [-0.25, -0.2) is 9.78 Å². The fraction of sp³-hybridized carbons (Fsp3) is 0.207. The number of aryl methyl sites for hydroxylation is 2. The molecule has 0 atom stereocenters. The van der Waals surface area contributed by atoms with Crippen molar-refractivity contribution in [3.63, 3.8) is 0 Å². The molecule has 36 heavy (non-hydrogen) atoms. The summed E-state index contributed by atoms with van der Waals surface area (Å²) < 4.78 is 10.3. The molecule has 2 heterocycles. The SMILES string of the molecule is C=C(C)OC(=O)Nc1ccc(C)c(-c2cc3cnc(N(C)Cc4ccc(OC)cc4)cc3nc2C)c1. The third kappa shape index (κ3) is 5.63. The number of benzene rings is 2. The number of nitrogens with zero attached hydrogens (tertiary/aromatic N) is 3. The largest absolute Gasteiger partial charge is 0.497 e. The van der Waals surface area contributed by atoms with Crippen LogP contribution in [0.4, 0.5) is 16.3 Å². The Morgan fingerprint density at radius 2 is 1.81 bits per heavy atom. The smallest absolute Gasteiger partial charge is 0.416 e. The number of methoxy groups -OCH3 is 1. The summed E-state index contributed by atoms with van der Waals surface area (Å²) in [6.07, 6.45) is 1.29. The van der Waals surface area contributed by atoms with Crippen LogP contribution in [0.25, 0.3) is 22.0 Å². The molecule has 7 nitrogen and oxygen atoms in total. The molecule has 2 aromatic carbocycles. The first-order valence-electron chi connectivity index (χ1n) is 11.6. The van der Waals surface area contributed by atoms with Crippen LogP contribution in [0.2, 0.25) is 0 Å². The van der Waals surface area contributed by atoms with Crippen LogP contribution in [0.15, 0.2) is 73.1 Å². The molecule has 0 unspecified atom stereocenters. The third-order valence-corrected chi connectivity index (χ3v) is 5.89. The van der Waals surface area contributed by atoms with Gasteiger partial charge < -0.3 is 14.4 Å². The number of aromatic nitrogens is 2. The highest BCUT2D eigenvalue weighted by atomic mass is 16.6. The fourth-order valence-corrected chi connectivity index (χ4v) is 4.01. The number of carbonyl (C=O) groups excluding carboxylic acids is 1. The molecular formula is C29H30N4O3. The quantitative estimate of drug-likeness (QED) is 0.298. The van der Waals surface area contributed by atoms with Crippen molar-refractivity contribution in [1.29, 1.82) is 0 Å². The Hall–Kier alpha value is -4.39. The molecule has 0 radical (unpaired) electrons. The molecule has 0 aliphatic carbocycles. The first-order chi connectivity index (χ1) is 17.2. The predicted octanol–water partition coefficient (Wildman–Crippen LogP) is 6.64. The average molecular weight is 483 g/mol. The molecule has 1 amide bonds. The van der Waals surface area contributed by atoms with Crippen LogP contribution in [0.1, 0.15) is 23.7 Å². The van der Waals surface area contributed by atoms with E-state index in [2.05, 4.69) is 40.0 Å². The highest BCUT2D eigenvalue weighted by Crippen LogP contribution is 2.32. The highest BCUT2D eigenvalue weighted by molar-refractivity contribution is 5.89. The summed E-state index contributed by atoms with van der Waals surface area (Å²) in [5.74, 6) is 2.01. The van der Waals surface area contributed by atoms with Crippen molar-refractivity contribution < 1.29 is 14.3 Å². The molecule has 0 bridgehead atoms. The lowest BCUT2D eigenvalue weighted by Crippen LogP contribution is -2.17. The molecule has 7 heteroatoms. The Labute approximate surface area is 211 Å². The van der Waals surface area contributed by atoms with Gasteiger partial charge >= 0.3 is 6.09 Å². The molecule has 0 aliphatic rings. The van der Waals surface area contributed by atoms with Gasteiger partial charge in [0.1, 0.15) is 11.6 Å². The number of amides is 1. The van der Waals surface area contributed by atoms with Gasteiger partial charge in [-0.2, -0.15) is 0 Å². The van der Waals surface area contributed by atoms with E-state index in [4.69, 9.17) is 14.5 Å². The van der Waals surface area contributed by atoms with Gasteiger partial charge in [-0.1, -0.05) is 24.8 Å². The number of ether oxygens (including phenoxy) is 2. The minimum Gasteiger partial charge on any atom is -0.497 e. The number of anilines is 2. The van der Waals surface area contributed by atoms with Gasteiger partial charge in [-0.05, 0) is 67.8 Å². The molecule has 4 rings (SSSR count). The normalized spacial score (nSPS) is 10.7. The number of rotatable bonds is 7. The lowest BCUT2D eigenvalue weighted by molar-refractivity contribution is 0.192. The van der Waals surface area contributed by atoms with Gasteiger partial charge in [0, 0.05) is 48.2 Å². The molecule has 4 aromatic rings. The molecule has 2 aromatic heterocycles. The summed E-state index contributed by atoms with van der Waals surface area (Å²) in [5, 5.41) is 3.69. The fourth-order valence-electron chi connectivity index (χ4n) is 4.01. The Balaban J connectivity index is 1.60. The molecule has 0 aliphatic heterocycles. The zero-order valence-corrected chi connectivity index (χ0v) is 21.3. The zero-order chi connectivity index (χ0) is 25.8. The lowest BCUT2D eigenvalue weighted by atomic mass is 9.97. The van der Waals surface area contributed by atoms with Gasteiger partial charge in [0.15, 0.2) is 0 Å². The number of pyridine rings is 2. The maximum atomic E-state index is 12.0. The lowest BCUT2D eigenvalue weighted by Gasteiger charge is -2.19. The topological polar surface area (TPSA) is 76.6 Å². The van der Waals surface area contributed by atoms with E-state index in [0.29, 0.717) is 18.0 Å². The summed E-state index contributed by atoms with van der Waals surface area (Å²) in [7, 11) is 3.68. The van der Waals surface area contributed by atoms with Crippen molar-refractivity contribution in [3.05, 3.63) is 90.0 Å². The summed E-state index contributed by atoms with van der Waals surface area (Å²) in [6, 6.07) is 17.8. The Bertz CT molecular complexity index is 1430. The van der Waals surface area contributed by atoms with Gasteiger partial charge in [-0.15, -0.1) is 0 Å². The van der Waals surface area contributed by atoms with Crippen molar-refractivity contribution >= 4 is 28.5 Å². The Morgan fingerprint density at radius 3 is 2.50 bits per heavy atom. The predicted molar refractivity (Wildman–Crippen MR) is 144 cm³/mol. The van der Waals surface area contributed by atoms with Crippen LogP contribution < -0.4 is 15.0 Å². The van der Waals surface area contributed by atoms with Crippen LogP contribution in [0.3, 0.4) is 0 Å². The van der Waals surface area contributed by atoms with Gasteiger partial charge in [-0.3, -0.25) is 10.3 Å². The minimum absolute atomic E-state index is 0.330. The summed E-state index contributed by atoms with van der Waals surface area (Å²) in [5.41, 5.74) is 6.60. The van der Waals surface area contributed by atoms with Crippen molar-refractivity contribution in [3.8, 4) is 16.9 Å². The van der Waals surface area contributed by atoms with E-state index in [1.54, 1.807) is 14.0 Å². The number of hydrogen-bond donors (Lipinski definition) is 1. The minimum atomic E-state index is -0.568. The molecular weight excluding hydrogens is 452 g/mol. The summed E-state index contributed by atoms with van der Waals surface area (Å²) in [6.45, 7) is 9.96. The standard InChI is InChI=1S/C29H30N4O3/c1-18(2)36-29(34)32-23-10-7-19(3)25(14-23)26-13-22-16-30-28(15-27(22)31-20(26)4)33(5)17-21-8-11-24(35-6)12-9-21/h7-16H,1,17H2,2-6H3,(H,32,34). The molecule has 0 fully saturated rings. The second-order valence-corrected chi connectivity index (χ2v) is 8.81. The zero-order valence-electron chi connectivity index (χ0n) is 21.3. The number of allylic oxidation sites excluding steroid dienone is 1. The van der Waals surface area contributed by atoms with E-state index in [1.807, 2.05) is 63.5 Å². The second-order valence-electron chi connectivity index (χ2n) is 8.81. The molecule has 184 valence electrons. The van der Waals surface area contributed by atoms with Crippen LogP contribution in [-0.4, -0.2) is 30.2 Å². The second kappa shape index (κ2) is 10.5. The van der Waals surface area contributed by atoms with Crippen molar-refractivity contribution in [2.45, 2.75) is 27.3 Å². The average Bonchev–Trinajstić information content (AvgIpc) is 2.84. The first-order valence-corrected chi connectivity index (χ1v) is 11.6. The number of carbonyl (C=O) groups is 1. The number of hydrogen-bond acceptors (Lipinski definition) is 6. The number of nitrogens with one attached hydrogen (secondary N) is 1. The third-order valence-electron chi connectivity index (χ3n) is 5.89. The van der Waals surface area contributed by atoms with E-state index in [0.717, 1.165) is 50.4 Å². The van der Waals surface area contributed by atoms with E-state index in [-0.39, 0.29) is 0 Å². The van der Waals surface area contributed by atoms with Crippen molar-refractivity contribution in [1.82, 2.24) is 9.97 Å². The highest BCUT2D eigenvalue weighted by Gasteiger charge is 2.13. The van der Waals surface area contributed by atoms with Gasteiger partial charge in [0.05, 0.1) is 18.4 Å². The van der Waals surface area contributed by atoms with Crippen molar-refractivity contribution in [2.75, 3.05) is 24.4 Å². The molecule has 0 spiro atoms. The summed E-state index contributed by atoms with van der Waals surface area (Å²) in [4.78, 5) is 23.7. The van der Waals surface area contributed by atoms with E-state index >= 15 is 0 Å². The van der Waals surface area contributed by atoms with E-state index in [1.165, 1.54) is 0 Å². The number of fused-ring (bicyclic) bond motifs is 1. The first kappa shape index (κ1) is 24.7. The van der Waals surface area contributed by atoms with Crippen molar-refractivity contribution in [2.24, 2.45) is 0 Å². The Kier molecular flexibility index (Phi) is 7.20. The monoisotopic (exact) mass is 482 g/mol. The Morgan fingerprint density at radius 1 is 1.06 bits per heavy atom.